The van der Waals surface area contributed by atoms with Gasteiger partial charge < -0.3 is 15.5 Å². The molecule has 7 nitrogen and oxygen atoms in total. The molecule has 8 heteroatoms. The lowest BCUT2D eigenvalue weighted by molar-refractivity contribution is -0.127. The molecule has 0 aliphatic carbocycles. The van der Waals surface area contributed by atoms with Gasteiger partial charge in [-0.05, 0) is 18.4 Å². The van der Waals surface area contributed by atoms with Gasteiger partial charge in [0, 0.05) is 26.7 Å². The van der Waals surface area contributed by atoms with E-state index in [2.05, 4.69) is 15.6 Å². The van der Waals surface area contributed by atoms with Gasteiger partial charge in [-0.15, -0.1) is 0 Å². The van der Waals surface area contributed by atoms with Crippen molar-refractivity contribution in [1.82, 2.24) is 15.5 Å². The first-order valence-corrected chi connectivity index (χ1v) is 10.2. The van der Waals surface area contributed by atoms with Crippen LogP contribution >= 0.6 is 0 Å². The van der Waals surface area contributed by atoms with Gasteiger partial charge in [0.25, 0.3) is 0 Å². The third kappa shape index (κ3) is 6.74. The van der Waals surface area contributed by atoms with E-state index in [0.29, 0.717) is 18.9 Å². The number of sulfone groups is 1. The largest absolute Gasteiger partial charge is 0.356 e. The van der Waals surface area contributed by atoms with Crippen molar-refractivity contribution in [2.24, 2.45) is 4.99 Å². The molecule has 1 aromatic carbocycles. The first-order chi connectivity index (χ1) is 11.9. The highest BCUT2D eigenvalue weighted by Crippen LogP contribution is 2.11. The zero-order valence-corrected chi connectivity index (χ0v) is 15.6. The van der Waals surface area contributed by atoms with Crippen LogP contribution in [0.4, 0.5) is 0 Å². The summed E-state index contributed by atoms with van der Waals surface area (Å²) in [5, 5.41) is 6.33. The number of guanidine groups is 1. The van der Waals surface area contributed by atoms with Crippen LogP contribution in [0.25, 0.3) is 0 Å². The lowest BCUT2D eigenvalue weighted by Crippen LogP contribution is -2.45. The van der Waals surface area contributed by atoms with Crippen molar-refractivity contribution >= 4 is 21.7 Å². The smallest absolute Gasteiger partial charge is 0.243 e. The fourth-order valence-corrected chi connectivity index (χ4v) is 4.19. The predicted octanol–water partition coefficient (Wildman–Crippen LogP) is 0.0396. The fourth-order valence-electron chi connectivity index (χ4n) is 2.51. The number of nitrogens with zero attached hydrogens (tertiary/aromatic N) is 2. The minimum atomic E-state index is -2.97. The molecule has 2 N–H and O–H groups in total. The zero-order chi connectivity index (χ0) is 18.3. The van der Waals surface area contributed by atoms with E-state index in [9.17, 15) is 13.2 Å². The standard InChI is InChI=1S/C17H26N4O3S/c1-21(2)16(22)12-19-17(20-15-9-11-25(23,24)13-15)18-10-8-14-6-4-3-5-7-14/h3-7,15H,8-13H2,1-2H3,(H2,18,19,20). The second-order valence-corrected chi connectivity index (χ2v) is 8.59. The molecule has 138 valence electrons. The molecule has 1 heterocycles. The molecule has 1 atom stereocenters. The molecule has 0 aromatic heterocycles. The van der Waals surface area contributed by atoms with Gasteiger partial charge in [0.2, 0.25) is 5.91 Å². The van der Waals surface area contributed by atoms with Crippen molar-refractivity contribution in [3.8, 4) is 0 Å². The summed E-state index contributed by atoms with van der Waals surface area (Å²) < 4.78 is 23.2. The van der Waals surface area contributed by atoms with E-state index in [-0.39, 0.29) is 30.0 Å². The van der Waals surface area contributed by atoms with E-state index in [1.807, 2.05) is 30.3 Å². The molecule has 2 rings (SSSR count). The highest BCUT2D eigenvalue weighted by molar-refractivity contribution is 7.91. The van der Waals surface area contributed by atoms with Crippen LogP contribution in [-0.2, 0) is 21.1 Å². The molecule has 25 heavy (non-hydrogen) atoms. The summed E-state index contributed by atoms with van der Waals surface area (Å²) in [7, 11) is 0.386. The number of nitrogens with one attached hydrogen (secondary N) is 2. The van der Waals surface area contributed by atoms with E-state index in [1.165, 1.54) is 10.5 Å². The summed E-state index contributed by atoms with van der Waals surface area (Å²) in [6.07, 6.45) is 1.37. The Morgan fingerprint density at radius 1 is 1.28 bits per heavy atom. The van der Waals surface area contributed by atoms with Gasteiger partial charge in [-0.1, -0.05) is 30.3 Å². The minimum Gasteiger partial charge on any atom is -0.356 e. The number of rotatable bonds is 6. The van der Waals surface area contributed by atoms with Gasteiger partial charge in [0.1, 0.15) is 6.54 Å². The SMILES string of the molecule is CN(C)C(=O)CN=C(NCCc1ccccc1)NC1CCS(=O)(=O)C1. The third-order valence-electron chi connectivity index (χ3n) is 3.99. The van der Waals surface area contributed by atoms with Gasteiger partial charge in [0.15, 0.2) is 15.8 Å². The second kappa shape index (κ2) is 8.84. The predicted molar refractivity (Wildman–Crippen MR) is 99.3 cm³/mol. The summed E-state index contributed by atoms with van der Waals surface area (Å²) in [5.74, 6) is 0.670. The average Bonchev–Trinajstić information content (AvgIpc) is 2.91. The van der Waals surface area contributed by atoms with Gasteiger partial charge in [-0.2, -0.15) is 0 Å². The summed E-state index contributed by atoms with van der Waals surface area (Å²) in [4.78, 5) is 17.5. The number of amides is 1. The monoisotopic (exact) mass is 366 g/mol. The highest BCUT2D eigenvalue weighted by Gasteiger charge is 2.28. The molecule has 1 amide bonds. The molecule has 1 aliphatic heterocycles. The van der Waals surface area contributed by atoms with Crippen LogP contribution in [0.3, 0.4) is 0 Å². The van der Waals surface area contributed by atoms with Crippen molar-refractivity contribution < 1.29 is 13.2 Å². The topological polar surface area (TPSA) is 90.9 Å². The lowest BCUT2D eigenvalue weighted by Gasteiger charge is -2.17. The maximum absolute atomic E-state index is 11.8. The van der Waals surface area contributed by atoms with Crippen molar-refractivity contribution in [2.75, 3.05) is 38.7 Å². The second-order valence-electron chi connectivity index (χ2n) is 6.36. The Labute approximate surface area is 149 Å². The lowest BCUT2D eigenvalue weighted by atomic mass is 10.1. The molecular weight excluding hydrogens is 340 g/mol. The van der Waals surface area contributed by atoms with E-state index in [1.54, 1.807) is 14.1 Å². The Bertz CT molecular complexity index is 702. The van der Waals surface area contributed by atoms with Crippen molar-refractivity contribution in [3.05, 3.63) is 35.9 Å². The molecular formula is C17H26N4O3S. The fraction of sp³-hybridized carbons (Fsp3) is 0.529. The molecule has 0 spiro atoms. The molecule has 0 radical (unpaired) electrons. The number of likely N-dealkylation sites (N-methyl/N-ethyl adjacent to an activating group) is 1. The Morgan fingerprint density at radius 2 is 2.00 bits per heavy atom. The number of hydrogen-bond donors (Lipinski definition) is 2. The van der Waals surface area contributed by atoms with Crippen LogP contribution in [0.5, 0.6) is 0 Å². The Balaban J connectivity index is 1.93. The van der Waals surface area contributed by atoms with Crippen molar-refractivity contribution in [3.63, 3.8) is 0 Å². The maximum Gasteiger partial charge on any atom is 0.243 e. The van der Waals surface area contributed by atoms with Crippen LogP contribution in [0.2, 0.25) is 0 Å². The maximum atomic E-state index is 11.8. The molecule has 1 fully saturated rings. The molecule has 1 aliphatic rings. The van der Waals surface area contributed by atoms with E-state index in [4.69, 9.17) is 0 Å². The number of carbonyl (C=O) groups is 1. The zero-order valence-electron chi connectivity index (χ0n) is 14.7. The van der Waals surface area contributed by atoms with Crippen LogP contribution in [0.1, 0.15) is 12.0 Å². The first kappa shape index (κ1) is 19.2. The number of carbonyl (C=O) groups excluding carboxylic acids is 1. The highest BCUT2D eigenvalue weighted by atomic mass is 32.2. The minimum absolute atomic E-state index is 0.0210. The van der Waals surface area contributed by atoms with Gasteiger partial charge >= 0.3 is 0 Å². The Morgan fingerprint density at radius 3 is 2.60 bits per heavy atom. The van der Waals surface area contributed by atoms with Gasteiger partial charge in [-0.25, -0.2) is 13.4 Å². The molecule has 1 unspecified atom stereocenters. The van der Waals surface area contributed by atoms with Crippen LogP contribution in [0, 0.1) is 0 Å². The summed E-state index contributed by atoms with van der Waals surface area (Å²) in [6, 6.07) is 9.88. The van der Waals surface area contributed by atoms with E-state index < -0.39 is 9.84 Å². The summed E-state index contributed by atoms with van der Waals surface area (Å²) in [5.41, 5.74) is 1.20. The summed E-state index contributed by atoms with van der Waals surface area (Å²) >= 11 is 0. The summed E-state index contributed by atoms with van der Waals surface area (Å²) in [6.45, 7) is 0.665. The quantitative estimate of drug-likeness (QED) is 0.548. The van der Waals surface area contributed by atoms with Gasteiger partial charge in [-0.3, -0.25) is 4.79 Å². The number of hydrogen-bond acceptors (Lipinski definition) is 4. The molecule has 0 saturated carbocycles. The molecule has 1 aromatic rings. The molecule has 1 saturated heterocycles. The van der Waals surface area contributed by atoms with E-state index >= 15 is 0 Å². The molecule has 0 bridgehead atoms. The average molecular weight is 366 g/mol. The normalized spacial score (nSPS) is 19.4. The van der Waals surface area contributed by atoms with Crippen LogP contribution in [-0.4, -0.2) is 69.9 Å². The third-order valence-corrected chi connectivity index (χ3v) is 5.76. The van der Waals surface area contributed by atoms with E-state index in [0.717, 1.165) is 6.42 Å². The Hall–Kier alpha value is -2.09. The van der Waals surface area contributed by atoms with Crippen molar-refractivity contribution in [1.29, 1.82) is 0 Å². The van der Waals surface area contributed by atoms with Crippen LogP contribution in [0.15, 0.2) is 35.3 Å². The van der Waals surface area contributed by atoms with Crippen LogP contribution < -0.4 is 10.6 Å². The Kier molecular flexibility index (Phi) is 6.81. The number of aliphatic imine (C=N–C) groups is 1. The van der Waals surface area contributed by atoms with Gasteiger partial charge in [0.05, 0.1) is 11.5 Å². The van der Waals surface area contributed by atoms with Crippen molar-refractivity contribution in [2.45, 2.75) is 18.9 Å². The first-order valence-electron chi connectivity index (χ1n) is 8.35. The number of benzene rings is 1.